The van der Waals surface area contributed by atoms with Crippen molar-refractivity contribution in [2.24, 2.45) is 5.92 Å². The maximum Gasteiger partial charge on any atom is 0.120 e. The molecule has 0 spiro atoms. The molecule has 0 bridgehead atoms. The largest absolute Gasteiger partial charge is 0.501 e. The molecule has 3 heterocycles. The summed E-state index contributed by atoms with van der Waals surface area (Å²) in [4.78, 5) is 9.85. The van der Waals surface area contributed by atoms with Crippen molar-refractivity contribution in [3.63, 3.8) is 0 Å². The van der Waals surface area contributed by atoms with Crippen LogP contribution in [0.25, 0.3) is 61.3 Å². The molecule has 0 saturated heterocycles. The van der Waals surface area contributed by atoms with Crippen molar-refractivity contribution in [3.05, 3.63) is 144 Å². The van der Waals surface area contributed by atoms with Crippen molar-refractivity contribution in [1.29, 1.82) is 0 Å². The first-order valence-electron chi connectivity index (χ1n) is 20.8. The number of hydrogen-bond donors (Lipinski definition) is 0. The van der Waals surface area contributed by atoms with Crippen LogP contribution in [-0.2, 0) is 31.9 Å². The van der Waals surface area contributed by atoms with Gasteiger partial charge in [-0.15, -0.1) is 53.6 Å². The standard InChI is InChI=1S/C29H23N2O.C23H32NSi.Ir/c1-29(2,3)19-15-17-20(18-16-19)31-25-13-6-5-12-24(25)30-28(31)23-11-8-10-22-21-9-4-7-14-26(21)32-27(22)23;1-17(2)19-10-12-20(13-11-19)22-15-21(14-18-8-6-7-9-18)23(16-24-22)25(3,4)5;/h4-10,12-18H,1-3H3;10-12,15-18H,6-9,14H2,1-5H3;/q2*-1;. The Balaban J connectivity index is 0.000000179. The molecule has 0 unspecified atom stereocenters. The molecular weight excluding hydrogens is 903 g/mol. The maximum absolute atomic E-state index is 6.30. The molecule has 5 aromatic carbocycles. The molecule has 6 heteroatoms. The summed E-state index contributed by atoms with van der Waals surface area (Å²) in [6.07, 6.45) is 9.04. The summed E-state index contributed by atoms with van der Waals surface area (Å²) < 4.78 is 8.51. The van der Waals surface area contributed by atoms with Crippen LogP contribution in [0.4, 0.5) is 0 Å². The first-order valence-corrected chi connectivity index (χ1v) is 24.3. The van der Waals surface area contributed by atoms with Gasteiger partial charge in [-0.3, -0.25) is 4.98 Å². The molecule has 0 amide bonds. The molecule has 1 saturated carbocycles. The van der Waals surface area contributed by atoms with Crippen molar-refractivity contribution in [2.75, 3.05) is 0 Å². The van der Waals surface area contributed by atoms with Gasteiger partial charge >= 0.3 is 0 Å². The van der Waals surface area contributed by atoms with Crippen LogP contribution in [0.1, 0.15) is 82.9 Å². The number of benzene rings is 5. The Bertz CT molecular complexity index is 2650. The van der Waals surface area contributed by atoms with Crippen molar-refractivity contribution >= 4 is 46.2 Å². The summed E-state index contributed by atoms with van der Waals surface area (Å²) in [5, 5.41) is 3.73. The maximum atomic E-state index is 6.30. The number of hydrogen-bond acceptors (Lipinski definition) is 3. The van der Waals surface area contributed by atoms with E-state index in [1.54, 1.807) is 10.8 Å². The van der Waals surface area contributed by atoms with Gasteiger partial charge in [-0.1, -0.05) is 151 Å². The first kappa shape index (κ1) is 41.5. The van der Waals surface area contributed by atoms with Crippen molar-refractivity contribution in [3.8, 4) is 28.3 Å². The molecule has 9 rings (SSSR count). The molecule has 0 atom stereocenters. The van der Waals surface area contributed by atoms with Crippen LogP contribution >= 0.6 is 0 Å². The summed E-state index contributed by atoms with van der Waals surface area (Å²) in [5.74, 6) is 2.25. The van der Waals surface area contributed by atoms with Crippen molar-refractivity contribution in [2.45, 2.75) is 97.7 Å². The number of para-hydroxylation sites is 3. The summed E-state index contributed by atoms with van der Waals surface area (Å²) in [5.41, 5.74) is 12.2. The van der Waals surface area contributed by atoms with E-state index in [0.29, 0.717) is 5.92 Å². The first-order chi connectivity index (χ1) is 27.3. The minimum atomic E-state index is -1.37. The summed E-state index contributed by atoms with van der Waals surface area (Å²) in [7, 11) is -1.37. The second kappa shape index (κ2) is 16.9. The number of fused-ring (bicyclic) bond motifs is 4. The van der Waals surface area contributed by atoms with E-state index in [2.05, 4.69) is 156 Å². The quantitative estimate of drug-likeness (QED) is 0.118. The van der Waals surface area contributed by atoms with Gasteiger partial charge in [0.2, 0.25) is 0 Å². The zero-order valence-corrected chi connectivity index (χ0v) is 38.6. The molecule has 3 aromatic heterocycles. The number of imidazole rings is 1. The van der Waals surface area contributed by atoms with E-state index in [0.717, 1.165) is 67.2 Å². The number of aromatic nitrogens is 3. The average molecular weight is 958 g/mol. The Labute approximate surface area is 359 Å². The molecule has 1 radical (unpaired) electrons. The smallest absolute Gasteiger partial charge is 0.120 e. The van der Waals surface area contributed by atoms with Crippen LogP contribution in [0.5, 0.6) is 0 Å². The number of pyridine rings is 1. The van der Waals surface area contributed by atoms with E-state index < -0.39 is 8.07 Å². The van der Waals surface area contributed by atoms with Crippen LogP contribution in [0.3, 0.4) is 0 Å². The molecule has 1 fully saturated rings. The van der Waals surface area contributed by atoms with E-state index in [4.69, 9.17) is 14.4 Å². The van der Waals surface area contributed by atoms with Gasteiger partial charge in [0, 0.05) is 37.4 Å². The molecule has 299 valence electrons. The molecule has 1 aliphatic rings. The van der Waals surface area contributed by atoms with Crippen LogP contribution in [0.15, 0.2) is 120 Å². The van der Waals surface area contributed by atoms with Gasteiger partial charge in [0.1, 0.15) is 5.58 Å². The van der Waals surface area contributed by atoms with E-state index in [1.807, 2.05) is 30.3 Å². The van der Waals surface area contributed by atoms with Crippen LogP contribution in [0, 0.1) is 18.1 Å². The van der Waals surface area contributed by atoms with Crippen molar-refractivity contribution < 1.29 is 24.5 Å². The van der Waals surface area contributed by atoms with Crippen LogP contribution < -0.4 is 5.19 Å². The fourth-order valence-corrected chi connectivity index (χ4v) is 9.98. The Hall–Kier alpha value is -4.61. The summed E-state index contributed by atoms with van der Waals surface area (Å²) >= 11 is 0. The zero-order valence-electron chi connectivity index (χ0n) is 35.2. The number of nitrogens with zero attached hydrogens (tertiary/aromatic N) is 3. The fourth-order valence-electron chi connectivity index (χ4n) is 8.39. The van der Waals surface area contributed by atoms with E-state index in [1.165, 1.54) is 43.2 Å². The normalized spacial score (nSPS) is 13.6. The third kappa shape index (κ3) is 8.57. The van der Waals surface area contributed by atoms with Crippen molar-refractivity contribution in [1.82, 2.24) is 14.5 Å². The third-order valence-electron chi connectivity index (χ3n) is 11.7. The molecule has 8 aromatic rings. The summed E-state index contributed by atoms with van der Waals surface area (Å²) in [6, 6.07) is 45.0. The summed E-state index contributed by atoms with van der Waals surface area (Å²) in [6.45, 7) is 18.5. The number of rotatable bonds is 7. The molecular formula is C52H55IrN3OSi-2. The van der Waals surface area contributed by atoms with E-state index in [9.17, 15) is 0 Å². The second-order valence-corrected chi connectivity index (χ2v) is 23.3. The monoisotopic (exact) mass is 958 g/mol. The SMILES string of the molecule is CC(C)(C)c1ccc(-n2c(-c3[c-]ccc4c3oc3ccccc34)nc3ccccc32)cc1.CC(C)c1c[c-]c(-c2cc(CC3CCCC3)c([Si](C)(C)C)cn2)cc1.[Ir]. The van der Waals surface area contributed by atoms with Crippen LogP contribution in [0.2, 0.25) is 19.6 Å². The van der Waals surface area contributed by atoms with Crippen LogP contribution in [-0.4, -0.2) is 22.6 Å². The van der Waals surface area contributed by atoms with Gasteiger partial charge in [0.25, 0.3) is 0 Å². The third-order valence-corrected chi connectivity index (χ3v) is 13.7. The van der Waals surface area contributed by atoms with Gasteiger partial charge in [-0.05, 0) is 64.5 Å². The second-order valence-electron chi connectivity index (χ2n) is 18.3. The van der Waals surface area contributed by atoms with Gasteiger partial charge in [0.05, 0.1) is 30.5 Å². The van der Waals surface area contributed by atoms with Gasteiger partial charge < -0.3 is 14.0 Å². The van der Waals surface area contributed by atoms with E-state index >= 15 is 0 Å². The minimum absolute atomic E-state index is 0. The Kier molecular flexibility index (Phi) is 12.1. The van der Waals surface area contributed by atoms with Gasteiger partial charge in [0.15, 0.2) is 0 Å². The minimum Gasteiger partial charge on any atom is -0.501 e. The molecule has 4 nitrogen and oxygen atoms in total. The zero-order chi connectivity index (χ0) is 39.9. The topological polar surface area (TPSA) is 43.9 Å². The number of furan rings is 1. The Morgan fingerprint density at radius 1 is 0.845 bits per heavy atom. The fraction of sp³-hybridized carbons (Fsp3) is 0.308. The predicted octanol–water partition coefficient (Wildman–Crippen LogP) is 13.6. The van der Waals surface area contributed by atoms with E-state index in [-0.39, 0.29) is 25.5 Å². The molecule has 58 heavy (non-hydrogen) atoms. The molecule has 0 aliphatic heterocycles. The van der Waals surface area contributed by atoms with Gasteiger partial charge in [-0.2, -0.15) is 0 Å². The molecule has 0 N–H and O–H groups in total. The Morgan fingerprint density at radius 2 is 1.57 bits per heavy atom. The average Bonchev–Trinajstić information content (AvgIpc) is 3.95. The molecule has 1 aliphatic carbocycles. The predicted molar refractivity (Wildman–Crippen MR) is 243 cm³/mol. The van der Waals surface area contributed by atoms with Gasteiger partial charge in [-0.25, -0.2) is 0 Å². The Morgan fingerprint density at radius 3 is 2.26 bits per heavy atom.